The summed E-state index contributed by atoms with van der Waals surface area (Å²) < 4.78 is 26.2. The Balaban J connectivity index is 1.29. The van der Waals surface area contributed by atoms with Gasteiger partial charge in [-0.3, -0.25) is 4.79 Å². The van der Waals surface area contributed by atoms with Gasteiger partial charge in [-0.25, -0.2) is 4.39 Å². The third kappa shape index (κ3) is 2.59. The Morgan fingerprint density at radius 1 is 1.12 bits per heavy atom. The molecule has 4 fully saturated rings. The zero-order chi connectivity index (χ0) is 17.1. The largest absolute Gasteiger partial charge is 0.486 e. The van der Waals surface area contributed by atoms with Crippen molar-refractivity contribution in [2.45, 2.75) is 50.7 Å². The van der Waals surface area contributed by atoms with E-state index in [1.807, 2.05) is 18.2 Å². The number of fused-ring (bicyclic) bond motifs is 1. The molecule has 25 heavy (non-hydrogen) atoms. The lowest BCUT2D eigenvalue weighted by Gasteiger charge is -2.58. The van der Waals surface area contributed by atoms with Gasteiger partial charge in [-0.15, -0.1) is 0 Å². The van der Waals surface area contributed by atoms with Gasteiger partial charge in [0.2, 0.25) is 5.91 Å². The molecule has 4 nitrogen and oxygen atoms in total. The fourth-order valence-corrected chi connectivity index (χ4v) is 5.98. The predicted molar refractivity (Wildman–Crippen MR) is 90.2 cm³/mol. The van der Waals surface area contributed by atoms with Crippen molar-refractivity contribution >= 4 is 5.91 Å². The van der Waals surface area contributed by atoms with Crippen molar-refractivity contribution in [2.75, 3.05) is 13.2 Å². The van der Waals surface area contributed by atoms with Crippen molar-refractivity contribution in [1.82, 2.24) is 5.32 Å². The summed E-state index contributed by atoms with van der Waals surface area (Å²) in [5.74, 6) is 2.31. The number of hydrogen-bond acceptors (Lipinski definition) is 3. The normalized spacial score (nSPS) is 37.8. The lowest BCUT2D eigenvalue weighted by Crippen LogP contribution is -2.58. The molecule has 1 aliphatic heterocycles. The van der Waals surface area contributed by atoms with Crippen molar-refractivity contribution in [1.29, 1.82) is 0 Å². The number of rotatable bonds is 3. The van der Waals surface area contributed by atoms with Crippen molar-refractivity contribution in [3.63, 3.8) is 0 Å². The number of ether oxygens (including phenoxy) is 2. The van der Waals surface area contributed by atoms with Crippen molar-refractivity contribution in [3.8, 4) is 11.5 Å². The molecule has 0 spiro atoms. The number of alkyl halides is 1. The average Bonchev–Trinajstić information content (AvgIpc) is 2.57. The Hall–Kier alpha value is -1.78. The summed E-state index contributed by atoms with van der Waals surface area (Å²) in [5.41, 5.74) is -0.595. The zero-order valence-electron chi connectivity index (χ0n) is 14.4. The molecule has 0 radical (unpaired) electrons. The highest BCUT2D eigenvalue weighted by molar-refractivity contribution is 5.83. The summed E-state index contributed by atoms with van der Waals surface area (Å²) in [6, 6.07) is 5.76. The topological polar surface area (TPSA) is 47.6 Å². The van der Waals surface area contributed by atoms with E-state index in [1.165, 1.54) is 0 Å². The number of benzene rings is 1. The standard InChI is InChI=1S/C20H24FNO3/c21-20-9-14-5-15(10-20)8-19(7-14,12-20)18(23)22-11-13-1-2-16-17(6-13)25-4-3-24-16/h1-2,6,14-15H,3-5,7-12H2,(H,22,23). The van der Waals surface area contributed by atoms with Gasteiger partial charge in [-0.05, 0) is 68.1 Å². The van der Waals surface area contributed by atoms with E-state index in [4.69, 9.17) is 9.47 Å². The van der Waals surface area contributed by atoms with Gasteiger partial charge in [0, 0.05) is 6.54 Å². The molecule has 1 N–H and O–H groups in total. The Labute approximate surface area is 147 Å². The van der Waals surface area contributed by atoms with Gasteiger partial charge in [0.15, 0.2) is 11.5 Å². The maximum atomic E-state index is 15.0. The minimum absolute atomic E-state index is 0.0403. The van der Waals surface area contributed by atoms with Crippen LogP contribution in [-0.2, 0) is 11.3 Å². The maximum Gasteiger partial charge on any atom is 0.226 e. The van der Waals surface area contributed by atoms with Gasteiger partial charge in [-0.1, -0.05) is 6.07 Å². The summed E-state index contributed by atoms with van der Waals surface area (Å²) in [4.78, 5) is 13.0. The van der Waals surface area contributed by atoms with E-state index in [0.717, 1.165) is 36.3 Å². The summed E-state index contributed by atoms with van der Waals surface area (Å²) >= 11 is 0. The van der Waals surface area contributed by atoms with Gasteiger partial charge < -0.3 is 14.8 Å². The smallest absolute Gasteiger partial charge is 0.226 e. The predicted octanol–water partition coefficient (Wildman–Crippen LogP) is 3.38. The van der Waals surface area contributed by atoms with E-state index in [1.54, 1.807) is 0 Å². The molecule has 134 valence electrons. The molecule has 0 saturated heterocycles. The molecule has 4 bridgehead atoms. The second kappa shape index (κ2) is 5.36. The van der Waals surface area contributed by atoms with Crippen LogP contribution in [-0.4, -0.2) is 24.8 Å². The number of carbonyl (C=O) groups is 1. The molecular formula is C20H24FNO3. The lowest BCUT2D eigenvalue weighted by atomic mass is 9.48. The van der Waals surface area contributed by atoms with Crippen LogP contribution in [0.1, 0.15) is 44.1 Å². The van der Waals surface area contributed by atoms with Crippen LogP contribution in [0.2, 0.25) is 0 Å². The molecule has 6 rings (SSSR count). The molecule has 4 saturated carbocycles. The van der Waals surface area contributed by atoms with E-state index in [2.05, 4.69) is 5.32 Å². The molecule has 1 amide bonds. The van der Waals surface area contributed by atoms with Gasteiger partial charge >= 0.3 is 0 Å². The van der Waals surface area contributed by atoms with Gasteiger partial charge in [-0.2, -0.15) is 0 Å². The lowest BCUT2D eigenvalue weighted by molar-refractivity contribution is -0.160. The number of carbonyl (C=O) groups excluding carboxylic acids is 1. The SMILES string of the molecule is O=C(NCc1ccc2c(c1)OCCO2)C12CC3CC(CC(F)(C3)C1)C2. The van der Waals surface area contributed by atoms with E-state index in [9.17, 15) is 4.79 Å². The Bertz CT molecular complexity index is 705. The van der Waals surface area contributed by atoms with Crippen LogP contribution in [0.4, 0.5) is 4.39 Å². The van der Waals surface area contributed by atoms with Crippen molar-refractivity contribution in [3.05, 3.63) is 23.8 Å². The number of amides is 1. The van der Waals surface area contributed by atoms with Crippen LogP contribution in [0.25, 0.3) is 0 Å². The highest BCUT2D eigenvalue weighted by atomic mass is 19.1. The average molecular weight is 345 g/mol. The fourth-order valence-electron chi connectivity index (χ4n) is 5.98. The Morgan fingerprint density at radius 3 is 2.56 bits per heavy atom. The Kier molecular flexibility index (Phi) is 3.32. The molecule has 2 unspecified atom stereocenters. The summed E-state index contributed by atoms with van der Waals surface area (Å²) in [7, 11) is 0. The minimum atomic E-state index is -1.10. The molecule has 5 aliphatic rings. The summed E-state index contributed by atoms with van der Waals surface area (Å²) in [6.45, 7) is 1.57. The van der Waals surface area contributed by atoms with E-state index in [-0.39, 0.29) is 5.91 Å². The highest BCUT2D eigenvalue weighted by Gasteiger charge is 2.61. The minimum Gasteiger partial charge on any atom is -0.486 e. The molecule has 1 heterocycles. The first-order valence-corrected chi connectivity index (χ1v) is 9.39. The second-order valence-corrected chi connectivity index (χ2v) is 8.55. The first kappa shape index (κ1) is 15.5. The van der Waals surface area contributed by atoms with Gasteiger partial charge in [0.25, 0.3) is 0 Å². The van der Waals surface area contributed by atoms with E-state index >= 15 is 4.39 Å². The van der Waals surface area contributed by atoms with Crippen LogP contribution >= 0.6 is 0 Å². The third-order valence-corrected chi connectivity index (χ3v) is 6.53. The highest BCUT2D eigenvalue weighted by Crippen LogP contribution is 2.63. The van der Waals surface area contributed by atoms with Crippen LogP contribution < -0.4 is 14.8 Å². The molecule has 0 aromatic heterocycles. The van der Waals surface area contributed by atoms with Crippen LogP contribution in [0, 0.1) is 17.3 Å². The van der Waals surface area contributed by atoms with Gasteiger partial charge in [0.05, 0.1) is 5.41 Å². The van der Waals surface area contributed by atoms with Crippen LogP contribution in [0.5, 0.6) is 11.5 Å². The number of halogens is 1. The maximum absolute atomic E-state index is 15.0. The van der Waals surface area contributed by atoms with Gasteiger partial charge in [0.1, 0.15) is 18.9 Å². The molecule has 5 heteroatoms. The zero-order valence-corrected chi connectivity index (χ0v) is 14.4. The quantitative estimate of drug-likeness (QED) is 0.914. The third-order valence-electron chi connectivity index (χ3n) is 6.53. The Morgan fingerprint density at radius 2 is 1.84 bits per heavy atom. The molecule has 4 aliphatic carbocycles. The fraction of sp³-hybridized carbons (Fsp3) is 0.650. The molecule has 1 aromatic rings. The van der Waals surface area contributed by atoms with E-state index in [0.29, 0.717) is 50.9 Å². The first-order valence-electron chi connectivity index (χ1n) is 9.39. The summed E-state index contributed by atoms with van der Waals surface area (Å²) in [6.07, 6.45) is 4.59. The van der Waals surface area contributed by atoms with Crippen LogP contribution in [0.3, 0.4) is 0 Å². The van der Waals surface area contributed by atoms with Crippen molar-refractivity contribution < 1.29 is 18.7 Å². The number of nitrogens with one attached hydrogen (secondary N) is 1. The first-order chi connectivity index (χ1) is 12.0. The number of hydrogen-bond donors (Lipinski definition) is 1. The second-order valence-electron chi connectivity index (χ2n) is 8.55. The van der Waals surface area contributed by atoms with Crippen molar-refractivity contribution in [2.24, 2.45) is 17.3 Å². The molecule has 1 aromatic carbocycles. The molecular weight excluding hydrogens is 321 g/mol. The van der Waals surface area contributed by atoms with Crippen LogP contribution in [0.15, 0.2) is 18.2 Å². The summed E-state index contributed by atoms with van der Waals surface area (Å²) in [5, 5.41) is 3.08. The monoisotopic (exact) mass is 345 g/mol. The van der Waals surface area contributed by atoms with E-state index < -0.39 is 11.1 Å². The molecule has 2 atom stereocenters.